The van der Waals surface area contributed by atoms with E-state index in [1.807, 2.05) is 24.5 Å². The molecule has 0 bridgehead atoms. The van der Waals surface area contributed by atoms with E-state index in [-0.39, 0.29) is 11.9 Å². The number of amides is 1. The van der Waals surface area contributed by atoms with Crippen molar-refractivity contribution in [1.82, 2.24) is 20.1 Å². The van der Waals surface area contributed by atoms with E-state index in [1.54, 1.807) is 0 Å². The SMILES string of the molecule is O=C1CC[C@H](CCNCc2ccccc2)N1C[C@H](c1cccnc1)N1CCOCC1. The first-order valence-corrected chi connectivity index (χ1v) is 11.1. The van der Waals surface area contributed by atoms with E-state index in [9.17, 15) is 4.79 Å². The van der Waals surface area contributed by atoms with Crippen LogP contribution < -0.4 is 5.32 Å². The highest BCUT2D eigenvalue weighted by Gasteiger charge is 2.34. The van der Waals surface area contributed by atoms with Gasteiger partial charge in [-0.25, -0.2) is 0 Å². The van der Waals surface area contributed by atoms with Crippen molar-refractivity contribution in [3.8, 4) is 0 Å². The molecule has 0 spiro atoms. The van der Waals surface area contributed by atoms with Crippen molar-refractivity contribution in [3.05, 3.63) is 66.0 Å². The largest absolute Gasteiger partial charge is 0.379 e. The van der Waals surface area contributed by atoms with Crippen molar-refractivity contribution in [3.63, 3.8) is 0 Å². The van der Waals surface area contributed by atoms with E-state index >= 15 is 0 Å². The molecule has 2 fully saturated rings. The van der Waals surface area contributed by atoms with Gasteiger partial charge in [-0.05, 0) is 36.6 Å². The van der Waals surface area contributed by atoms with E-state index in [0.29, 0.717) is 12.5 Å². The molecule has 0 radical (unpaired) electrons. The second kappa shape index (κ2) is 10.7. The molecule has 0 unspecified atom stereocenters. The summed E-state index contributed by atoms with van der Waals surface area (Å²) < 4.78 is 5.55. The van der Waals surface area contributed by atoms with Gasteiger partial charge in [0, 0.05) is 51.0 Å². The third-order valence-electron chi connectivity index (χ3n) is 6.20. The Balaban J connectivity index is 1.37. The summed E-state index contributed by atoms with van der Waals surface area (Å²) in [4.78, 5) is 21.6. The highest BCUT2D eigenvalue weighted by atomic mass is 16.5. The van der Waals surface area contributed by atoms with Gasteiger partial charge in [0.1, 0.15) is 0 Å². The second-order valence-corrected chi connectivity index (χ2v) is 8.14. The third-order valence-corrected chi connectivity index (χ3v) is 6.20. The van der Waals surface area contributed by atoms with E-state index in [1.165, 1.54) is 11.1 Å². The Morgan fingerprint density at radius 3 is 2.73 bits per heavy atom. The molecule has 30 heavy (non-hydrogen) atoms. The lowest BCUT2D eigenvalue weighted by Crippen LogP contribution is -2.46. The van der Waals surface area contributed by atoms with E-state index in [0.717, 1.165) is 58.8 Å². The van der Waals surface area contributed by atoms with Crippen LogP contribution in [0.2, 0.25) is 0 Å². The summed E-state index contributed by atoms with van der Waals surface area (Å²) in [6.45, 7) is 5.80. The summed E-state index contributed by atoms with van der Waals surface area (Å²) in [5.41, 5.74) is 2.47. The highest BCUT2D eigenvalue weighted by Crippen LogP contribution is 2.28. The molecule has 2 atom stereocenters. The number of rotatable bonds is 9. The standard InChI is InChI=1S/C24H32N4O2/c29-24-9-8-22(10-12-26-17-20-5-2-1-3-6-20)28(24)19-23(21-7-4-11-25-18-21)27-13-15-30-16-14-27/h1-7,11,18,22-23,26H,8-10,12-17,19H2/t22-,23-/m1/s1. The molecule has 1 amide bonds. The fourth-order valence-corrected chi connectivity index (χ4v) is 4.52. The molecule has 1 aromatic heterocycles. The molecular weight excluding hydrogens is 376 g/mol. The number of hydrogen-bond donors (Lipinski definition) is 1. The van der Waals surface area contributed by atoms with Crippen molar-refractivity contribution in [2.45, 2.75) is 37.9 Å². The number of carbonyl (C=O) groups excluding carboxylic acids is 1. The van der Waals surface area contributed by atoms with E-state index in [2.05, 4.69) is 50.4 Å². The summed E-state index contributed by atoms with van der Waals surface area (Å²) in [5.74, 6) is 0.283. The number of benzene rings is 1. The molecule has 160 valence electrons. The Bertz CT molecular complexity index is 780. The predicted octanol–water partition coefficient (Wildman–Crippen LogP) is 2.63. The predicted molar refractivity (Wildman–Crippen MR) is 117 cm³/mol. The van der Waals surface area contributed by atoms with Crippen molar-refractivity contribution >= 4 is 5.91 Å². The Labute approximate surface area is 179 Å². The normalized spacial score (nSPS) is 21.1. The average molecular weight is 409 g/mol. The molecule has 2 aliphatic rings. The summed E-state index contributed by atoms with van der Waals surface area (Å²) in [6, 6.07) is 15.0. The molecular formula is C24H32N4O2. The van der Waals surface area contributed by atoms with Gasteiger partial charge < -0.3 is 15.0 Å². The summed E-state index contributed by atoms with van der Waals surface area (Å²) in [5, 5.41) is 3.54. The zero-order chi connectivity index (χ0) is 20.6. The molecule has 6 nitrogen and oxygen atoms in total. The number of carbonyl (C=O) groups is 1. The van der Waals surface area contributed by atoms with Gasteiger partial charge in [0.25, 0.3) is 0 Å². The number of likely N-dealkylation sites (tertiary alicyclic amines) is 1. The maximum Gasteiger partial charge on any atom is 0.222 e. The number of nitrogens with one attached hydrogen (secondary N) is 1. The minimum atomic E-state index is 0.171. The highest BCUT2D eigenvalue weighted by molar-refractivity contribution is 5.78. The number of aromatic nitrogens is 1. The third kappa shape index (κ3) is 5.45. The quantitative estimate of drug-likeness (QED) is 0.647. The average Bonchev–Trinajstić information content (AvgIpc) is 3.16. The van der Waals surface area contributed by atoms with Crippen molar-refractivity contribution < 1.29 is 9.53 Å². The summed E-state index contributed by atoms with van der Waals surface area (Å²) in [7, 11) is 0. The monoisotopic (exact) mass is 408 g/mol. The molecule has 1 N–H and O–H groups in total. The zero-order valence-electron chi connectivity index (χ0n) is 17.6. The number of ether oxygens (including phenoxy) is 1. The zero-order valence-corrected chi connectivity index (χ0v) is 17.6. The maximum atomic E-state index is 12.7. The first kappa shape index (κ1) is 21.0. The van der Waals surface area contributed by atoms with Crippen LogP contribution in [0.25, 0.3) is 0 Å². The van der Waals surface area contributed by atoms with Gasteiger partial charge in [0.15, 0.2) is 0 Å². The first-order valence-electron chi connectivity index (χ1n) is 11.1. The van der Waals surface area contributed by atoms with Gasteiger partial charge in [-0.1, -0.05) is 36.4 Å². The molecule has 3 heterocycles. The fourth-order valence-electron chi connectivity index (χ4n) is 4.52. The fraction of sp³-hybridized carbons (Fsp3) is 0.500. The Hall–Kier alpha value is -2.28. The van der Waals surface area contributed by atoms with Crippen LogP contribution in [0.15, 0.2) is 54.9 Å². The van der Waals surface area contributed by atoms with Crippen LogP contribution in [0.3, 0.4) is 0 Å². The molecule has 0 saturated carbocycles. The number of nitrogens with zero attached hydrogens (tertiary/aromatic N) is 3. The maximum absolute atomic E-state index is 12.7. The molecule has 2 saturated heterocycles. The number of morpholine rings is 1. The molecule has 4 rings (SSSR count). The lowest BCUT2D eigenvalue weighted by atomic mass is 10.0. The minimum Gasteiger partial charge on any atom is -0.379 e. The van der Waals surface area contributed by atoms with Gasteiger partial charge in [-0.2, -0.15) is 0 Å². The van der Waals surface area contributed by atoms with Crippen LogP contribution in [0, 0.1) is 0 Å². The van der Waals surface area contributed by atoms with Gasteiger partial charge in [0.2, 0.25) is 5.91 Å². The molecule has 6 heteroatoms. The first-order chi connectivity index (χ1) is 14.8. The Kier molecular flexibility index (Phi) is 7.45. The van der Waals surface area contributed by atoms with Gasteiger partial charge in [0.05, 0.1) is 19.3 Å². The molecule has 2 aliphatic heterocycles. The van der Waals surface area contributed by atoms with Gasteiger partial charge in [-0.3, -0.25) is 14.7 Å². The van der Waals surface area contributed by atoms with E-state index in [4.69, 9.17) is 4.74 Å². The number of pyridine rings is 1. The number of hydrogen-bond acceptors (Lipinski definition) is 5. The van der Waals surface area contributed by atoms with E-state index < -0.39 is 0 Å². The molecule has 0 aliphatic carbocycles. The van der Waals surface area contributed by atoms with Crippen LogP contribution in [-0.2, 0) is 16.1 Å². The van der Waals surface area contributed by atoms with Crippen LogP contribution in [0.1, 0.15) is 36.4 Å². The minimum absolute atomic E-state index is 0.171. The van der Waals surface area contributed by atoms with Crippen molar-refractivity contribution in [1.29, 1.82) is 0 Å². The summed E-state index contributed by atoms with van der Waals surface area (Å²) >= 11 is 0. The lowest BCUT2D eigenvalue weighted by molar-refractivity contribution is -0.130. The Morgan fingerprint density at radius 1 is 1.13 bits per heavy atom. The lowest BCUT2D eigenvalue weighted by Gasteiger charge is -2.38. The van der Waals surface area contributed by atoms with Crippen LogP contribution in [-0.4, -0.2) is 66.1 Å². The van der Waals surface area contributed by atoms with Crippen molar-refractivity contribution in [2.24, 2.45) is 0 Å². The van der Waals surface area contributed by atoms with Crippen LogP contribution >= 0.6 is 0 Å². The molecule has 1 aromatic carbocycles. The smallest absolute Gasteiger partial charge is 0.222 e. The van der Waals surface area contributed by atoms with Crippen LogP contribution in [0.5, 0.6) is 0 Å². The van der Waals surface area contributed by atoms with Crippen LogP contribution in [0.4, 0.5) is 0 Å². The van der Waals surface area contributed by atoms with Gasteiger partial charge in [-0.15, -0.1) is 0 Å². The summed E-state index contributed by atoms with van der Waals surface area (Å²) in [6.07, 6.45) is 6.35. The second-order valence-electron chi connectivity index (χ2n) is 8.14. The Morgan fingerprint density at radius 2 is 1.97 bits per heavy atom. The molecule has 2 aromatic rings. The van der Waals surface area contributed by atoms with Crippen molar-refractivity contribution in [2.75, 3.05) is 39.4 Å². The van der Waals surface area contributed by atoms with Gasteiger partial charge >= 0.3 is 0 Å². The topological polar surface area (TPSA) is 57.7 Å².